The Hall–Kier alpha value is -1.46. The van der Waals surface area contributed by atoms with E-state index in [4.69, 9.17) is 18.9 Å². The van der Waals surface area contributed by atoms with Gasteiger partial charge in [0.2, 0.25) is 5.75 Å². The zero-order chi connectivity index (χ0) is 19.3. The molecule has 0 spiro atoms. The minimum atomic E-state index is -0.742. The van der Waals surface area contributed by atoms with E-state index >= 15 is 0 Å². The Morgan fingerprint density at radius 1 is 1.04 bits per heavy atom. The van der Waals surface area contributed by atoms with Crippen LogP contribution in [0.2, 0.25) is 0 Å². The van der Waals surface area contributed by atoms with Gasteiger partial charge in [0.05, 0.1) is 34.0 Å². The van der Waals surface area contributed by atoms with E-state index in [0.717, 1.165) is 6.42 Å². The minimum absolute atomic E-state index is 0.204. The zero-order valence-corrected chi connectivity index (χ0v) is 17.0. The first-order chi connectivity index (χ1) is 12.4. The SMILES string of the molecule is COc1cc(C(O)CO[C@@H]2C[C@H](C)CC[C@H]2C(C)C)cc(OC)c1OC. The molecule has 2 rings (SSSR count). The number of rotatable bonds is 8. The molecule has 1 N–H and O–H groups in total. The molecule has 0 aromatic heterocycles. The molecule has 5 heteroatoms. The van der Waals surface area contributed by atoms with E-state index in [0.29, 0.717) is 40.6 Å². The summed E-state index contributed by atoms with van der Waals surface area (Å²) in [6.07, 6.45) is 2.98. The van der Waals surface area contributed by atoms with E-state index in [1.165, 1.54) is 12.8 Å². The number of benzene rings is 1. The number of hydrogen-bond acceptors (Lipinski definition) is 5. The molecule has 0 radical (unpaired) electrons. The maximum Gasteiger partial charge on any atom is 0.203 e. The van der Waals surface area contributed by atoms with Gasteiger partial charge in [-0.1, -0.05) is 27.2 Å². The Bertz CT molecular complexity index is 547. The van der Waals surface area contributed by atoms with Crippen LogP contribution in [0.5, 0.6) is 17.2 Å². The first-order valence-corrected chi connectivity index (χ1v) is 9.50. The highest BCUT2D eigenvalue weighted by Crippen LogP contribution is 2.40. The van der Waals surface area contributed by atoms with E-state index in [1.54, 1.807) is 33.5 Å². The quantitative estimate of drug-likeness (QED) is 0.746. The molecular weight excluding hydrogens is 332 g/mol. The molecular formula is C21H34O5. The van der Waals surface area contributed by atoms with Gasteiger partial charge in [0.15, 0.2) is 11.5 Å². The van der Waals surface area contributed by atoms with Crippen molar-refractivity contribution in [3.05, 3.63) is 17.7 Å². The second kappa shape index (κ2) is 9.47. The van der Waals surface area contributed by atoms with Crippen molar-refractivity contribution in [2.75, 3.05) is 27.9 Å². The fraction of sp³-hybridized carbons (Fsp3) is 0.714. The van der Waals surface area contributed by atoms with Crippen molar-refractivity contribution in [3.63, 3.8) is 0 Å². The number of hydrogen-bond donors (Lipinski definition) is 1. The lowest BCUT2D eigenvalue weighted by Gasteiger charge is -2.37. The maximum atomic E-state index is 10.7. The van der Waals surface area contributed by atoms with Crippen molar-refractivity contribution in [1.82, 2.24) is 0 Å². The molecule has 0 aliphatic heterocycles. The summed E-state index contributed by atoms with van der Waals surface area (Å²) in [6.45, 7) is 7.06. The van der Waals surface area contributed by atoms with Crippen molar-refractivity contribution in [1.29, 1.82) is 0 Å². The molecule has 5 nitrogen and oxygen atoms in total. The molecule has 4 atom stereocenters. The normalized spacial score (nSPS) is 24.4. The zero-order valence-electron chi connectivity index (χ0n) is 17.0. The molecule has 148 valence electrons. The largest absolute Gasteiger partial charge is 0.493 e. The molecule has 1 aromatic rings. The Balaban J connectivity index is 2.10. The molecule has 1 aliphatic rings. The van der Waals surface area contributed by atoms with Crippen LogP contribution in [0.3, 0.4) is 0 Å². The van der Waals surface area contributed by atoms with Gasteiger partial charge in [-0.25, -0.2) is 0 Å². The van der Waals surface area contributed by atoms with Crippen LogP contribution in [0.1, 0.15) is 51.7 Å². The molecule has 0 bridgehead atoms. The molecule has 1 aliphatic carbocycles. The molecule has 1 fully saturated rings. The van der Waals surface area contributed by atoms with Crippen molar-refractivity contribution in [2.45, 2.75) is 52.2 Å². The summed E-state index contributed by atoms with van der Waals surface area (Å²) in [6, 6.07) is 3.55. The molecule has 0 saturated heterocycles. The standard InChI is InChI=1S/C21H34O5/c1-13(2)16-8-7-14(3)9-18(16)26-12-17(22)15-10-19(23-4)21(25-6)20(11-15)24-5/h10-11,13-14,16-18,22H,7-9,12H2,1-6H3/t14-,16+,17?,18-/m1/s1. The Labute approximate surface area is 157 Å². The summed E-state index contributed by atoms with van der Waals surface area (Å²) >= 11 is 0. The second-order valence-electron chi connectivity index (χ2n) is 7.67. The predicted octanol–water partition coefficient (Wildman–Crippen LogP) is 4.22. The third-order valence-electron chi connectivity index (χ3n) is 5.50. The van der Waals surface area contributed by atoms with Crippen molar-refractivity contribution in [3.8, 4) is 17.2 Å². The summed E-state index contributed by atoms with van der Waals surface area (Å²) < 4.78 is 22.3. The van der Waals surface area contributed by atoms with Crippen LogP contribution in [-0.4, -0.2) is 39.1 Å². The van der Waals surface area contributed by atoms with E-state index in [2.05, 4.69) is 20.8 Å². The van der Waals surface area contributed by atoms with Gasteiger partial charge in [-0.2, -0.15) is 0 Å². The highest BCUT2D eigenvalue weighted by Gasteiger charge is 2.32. The van der Waals surface area contributed by atoms with Crippen LogP contribution in [0, 0.1) is 17.8 Å². The van der Waals surface area contributed by atoms with Gasteiger partial charge in [0.1, 0.15) is 6.10 Å². The van der Waals surface area contributed by atoms with Crippen LogP contribution in [-0.2, 0) is 4.74 Å². The average Bonchev–Trinajstić information content (AvgIpc) is 2.64. The summed E-state index contributed by atoms with van der Waals surface area (Å²) in [5, 5.41) is 10.7. The van der Waals surface area contributed by atoms with Gasteiger partial charge in [0, 0.05) is 0 Å². The van der Waals surface area contributed by atoms with Gasteiger partial charge in [-0.3, -0.25) is 0 Å². The van der Waals surface area contributed by atoms with Crippen LogP contribution in [0.4, 0.5) is 0 Å². The van der Waals surface area contributed by atoms with Crippen LogP contribution in [0.15, 0.2) is 12.1 Å². The lowest BCUT2D eigenvalue weighted by atomic mass is 9.75. The average molecular weight is 366 g/mol. The van der Waals surface area contributed by atoms with Crippen LogP contribution in [0.25, 0.3) is 0 Å². The molecule has 1 aromatic carbocycles. The summed E-state index contributed by atoms with van der Waals surface area (Å²) in [5.74, 6) is 3.41. The van der Waals surface area contributed by atoms with E-state index in [9.17, 15) is 5.11 Å². The third kappa shape index (κ3) is 4.83. The number of methoxy groups -OCH3 is 3. The smallest absolute Gasteiger partial charge is 0.203 e. The third-order valence-corrected chi connectivity index (χ3v) is 5.50. The molecule has 0 heterocycles. The number of aliphatic hydroxyl groups is 1. The van der Waals surface area contributed by atoms with Crippen LogP contribution < -0.4 is 14.2 Å². The number of ether oxygens (including phenoxy) is 4. The minimum Gasteiger partial charge on any atom is -0.493 e. The Morgan fingerprint density at radius 3 is 2.15 bits per heavy atom. The van der Waals surface area contributed by atoms with Crippen LogP contribution >= 0.6 is 0 Å². The molecule has 26 heavy (non-hydrogen) atoms. The molecule has 1 saturated carbocycles. The molecule has 1 unspecified atom stereocenters. The van der Waals surface area contributed by atoms with Crippen molar-refractivity contribution in [2.24, 2.45) is 17.8 Å². The monoisotopic (exact) mass is 366 g/mol. The van der Waals surface area contributed by atoms with Crippen molar-refractivity contribution >= 4 is 0 Å². The lowest BCUT2D eigenvalue weighted by Crippen LogP contribution is -2.35. The van der Waals surface area contributed by atoms with Gasteiger partial charge in [-0.05, 0) is 48.3 Å². The van der Waals surface area contributed by atoms with Gasteiger partial charge < -0.3 is 24.1 Å². The second-order valence-corrected chi connectivity index (χ2v) is 7.67. The summed E-state index contributed by atoms with van der Waals surface area (Å²) in [5.41, 5.74) is 0.699. The fourth-order valence-corrected chi connectivity index (χ4v) is 3.91. The van der Waals surface area contributed by atoms with Crippen molar-refractivity contribution < 1.29 is 24.1 Å². The van der Waals surface area contributed by atoms with Gasteiger partial charge in [0.25, 0.3) is 0 Å². The number of aliphatic hydroxyl groups excluding tert-OH is 1. The van der Waals surface area contributed by atoms with E-state index < -0.39 is 6.10 Å². The maximum absolute atomic E-state index is 10.7. The topological polar surface area (TPSA) is 57.2 Å². The van der Waals surface area contributed by atoms with E-state index in [-0.39, 0.29) is 12.7 Å². The van der Waals surface area contributed by atoms with Gasteiger partial charge in [-0.15, -0.1) is 0 Å². The highest BCUT2D eigenvalue weighted by atomic mass is 16.5. The Morgan fingerprint density at radius 2 is 1.65 bits per heavy atom. The lowest BCUT2D eigenvalue weighted by molar-refractivity contribution is -0.0698. The fourth-order valence-electron chi connectivity index (χ4n) is 3.91. The first-order valence-electron chi connectivity index (χ1n) is 9.50. The summed E-state index contributed by atoms with van der Waals surface area (Å²) in [7, 11) is 4.71. The summed E-state index contributed by atoms with van der Waals surface area (Å²) in [4.78, 5) is 0. The van der Waals surface area contributed by atoms with Gasteiger partial charge >= 0.3 is 0 Å². The Kier molecular flexibility index (Phi) is 7.59. The highest BCUT2D eigenvalue weighted by molar-refractivity contribution is 5.54. The first kappa shape index (κ1) is 20.8. The molecule has 0 amide bonds. The van der Waals surface area contributed by atoms with E-state index in [1.807, 2.05) is 0 Å². The predicted molar refractivity (Wildman–Crippen MR) is 102 cm³/mol.